The van der Waals surface area contributed by atoms with Crippen LogP contribution in [-0.4, -0.2) is 35.2 Å². The van der Waals surface area contributed by atoms with Crippen molar-refractivity contribution in [2.45, 2.75) is 26.2 Å². The van der Waals surface area contributed by atoms with Crippen LogP contribution in [0, 0.1) is 6.92 Å². The highest BCUT2D eigenvalue weighted by atomic mass is 35.5. The zero-order valence-electron chi connectivity index (χ0n) is 17.1. The maximum atomic E-state index is 12.6. The van der Waals surface area contributed by atoms with E-state index in [1.165, 1.54) is 11.3 Å². The Morgan fingerprint density at radius 2 is 2.03 bits per heavy atom. The van der Waals surface area contributed by atoms with E-state index in [9.17, 15) is 9.59 Å². The molecule has 2 amide bonds. The molecule has 160 valence electrons. The molecule has 1 aromatic heterocycles. The summed E-state index contributed by atoms with van der Waals surface area (Å²) in [5.41, 5.74) is 2.24. The Balaban J connectivity index is 1.42. The lowest BCUT2D eigenvalue weighted by Gasteiger charge is -2.17. The summed E-state index contributed by atoms with van der Waals surface area (Å²) in [4.78, 5) is 26.7. The van der Waals surface area contributed by atoms with Gasteiger partial charge in [0.15, 0.2) is 0 Å². The minimum absolute atomic E-state index is 0.0140. The van der Waals surface area contributed by atoms with Gasteiger partial charge in [-0.15, -0.1) is 10.2 Å². The Kier molecular flexibility index (Phi) is 6.20. The third-order valence-corrected chi connectivity index (χ3v) is 6.44. The van der Waals surface area contributed by atoms with Crippen molar-refractivity contribution in [1.29, 1.82) is 0 Å². The number of ether oxygens (including phenoxy) is 1. The van der Waals surface area contributed by atoms with Crippen LogP contribution in [0.3, 0.4) is 0 Å². The van der Waals surface area contributed by atoms with Crippen molar-refractivity contribution in [3.8, 4) is 5.75 Å². The Bertz CT molecular complexity index is 1120. The number of rotatable bonds is 6. The van der Waals surface area contributed by atoms with Gasteiger partial charge in [-0.2, -0.15) is 0 Å². The number of nitrogens with zero attached hydrogens (tertiary/aromatic N) is 3. The molecule has 1 fully saturated rings. The van der Waals surface area contributed by atoms with Gasteiger partial charge in [-0.1, -0.05) is 29.0 Å². The zero-order chi connectivity index (χ0) is 22.0. The maximum absolute atomic E-state index is 12.6. The number of carbonyl (C=O) groups excluding carboxylic acids is 2. The molecule has 3 aromatic rings. The maximum Gasteiger partial charge on any atom is 0.257 e. The molecule has 0 saturated carbocycles. The van der Waals surface area contributed by atoms with Crippen LogP contribution >= 0.6 is 22.9 Å². The van der Waals surface area contributed by atoms with E-state index in [1.54, 1.807) is 35.2 Å². The van der Waals surface area contributed by atoms with Crippen molar-refractivity contribution < 1.29 is 14.3 Å². The van der Waals surface area contributed by atoms with Gasteiger partial charge in [0.1, 0.15) is 10.8 Å². The lowest BCUT2D eigenvalue weighted by Crippen LogP contribution is -2.24. The van der Waals surface area contributed by atoms with Crippen molar-refractivity contribution in [1.82, 2.24) is 10.2 Å². The third-order valence-electron chi connectivity index (χ3n) is 5.03. The van der Waals surface area contributed by atoms with E-state index >= 15 is 0 Å². The predicted octanol–water partition coefficient (Wildman–Crippen LogP) is 4.67. The van der Waals surface area contributed by atoms with Crippen LogP contribution in [0.5, 0.6) is 5.75 Å². The summed E-state index contributed by atoms with van der Waals surface area (Å²) < 4.78 is 5.39. The molecule has 0 bridgehead atoms. The van der Waals surface area contributed by atoms with Gasteiger partial charge in [-0.05, 0) is 55.8 Å². The third kappa shape index (κ3) is 4.70. The highest BCUT2D eigenvalue weighted by Gasteiger charge is 2.34. The van der Waals surface area contributed by atoms with E-state index in [4.69, 9.17) is 16.3 Å². The van der Waals surface area contributed by atoms with Gasteiger partial charge < -0.3 is 9.64 Å². The second-order valence-corrected chi connectivity index (χ2v) is 8.61. The molecule has 0 unspecified atom stereocenters. The van der Waals surface area contributed by atoms with E-state index in [-0.39, 0.29) is 17.7 Å². The molecule has 1 aliphatic heterocycles. The summed E-state index contributed by atoms with van der Waals surface area (Å²) in [6.45, 7) is 4.89. The molecule has 7 nitrogen and oxygen atoms in total. The fourth-order valence-corrected chi connectivity index (χ4v) is 4.37. The van der Waals surface area contributed by atoms with Crippen LogP contribution in [0.1, 0.15) is 40.2 Å². The number of aromatic nitrogens is 2. The van der Waals surface area contributed by atoms with Crippen LogP contribution in [0.25, 0.3) is 0 Å². The molecule has 0 spiro atoms. The molecule has 2 aromatic carbocycles. The monoisotopic (exact) mass is 456 g/mol. The number of carbonyl (C=O) groups is 2. The lowest BCUT2D eigenvalue weighted by molar-refractivity contribution is -0.117. The van der Waals surface area contributed by atoms with Crippen molar-refractivity contribution in [3.05, 3.63) is 63.6 Å². The zero-order valence-corrected chi connectivity index (χ0v) is 18.7. The van der Waals surface area contributed by atoms with Crippen LogP contribution < -0.4 is 15.0 Å². The number of halogens is 1. The van der Waals surface area contributed by atoms with E-state index in [0.717, 1.165) is 16.3 Å². The van der Waals surface area contributed by atoms with Crippen molar-refractivity contribution in [2.75, 3.05) is 23.4 Å². The molecule has 9 heteroatoms. The Labute approximate surface area is 189 Å². The summed E-state index contributed by atoms with van der Waals surface area (Å²) >= 11 is 7.50. The van der Waals surface area contributed by atoms with Crippen LogP contribution in [0.2, 0.25) is 5.02 Å². The smallest absolute Gasteiger partial charge is 0.257 e. The molecule has 2 heterocycles. The van der Waals surface area contributed by atoms with Gasteiger partial charge in [-0.3, -0.25) is 14.9 Å². The summed E-state index contributed by atoms with van der Waals surface area (Å²) in [7, 11) is 0. The van der Waals surface area contributed by atoms with Gasteiger partial charge in [-0.25, -0.2) is 0 Å². The molecule has 1 aliphatic rings. The number of aryl methyl sites for hydroxylation is 1. The molecule has 0 radical (unpaired) electrons. The van der Waals surface area contributed by atoms with E-state index in [2.05, 4.69) is 15.5 Å². The fraction of sp³-hybridized carbons (Fsp3) is 0.273. The first kappa shape index (κ1) is 21.3. The van der Waals surface area contributed by atoms with E-state index < -0.39 is 0 Å². The number of amides is 2. The topological polar surface area (TPSA) is 84.4 Å². The van der Waals surface area contributed by atoms with E-state index in [1.807, 2.05) is 26.0 Å². The molecule has 1 saturated heterocycles. The Morgan fingerprint density at radius 1 is 1.26 bits per heavy atom. The molecule has 4 rings (SSSR count). The van der Waals surface area contributed by atoms with Gasteiger partial charge >= 0.3 is 0 Å². The lowest BCUT2D eigenvalue weighted by atomic mass is 10.1. The van der Waals surface area contributed by atoms with Crippen LogP contribution in [0.15, 0.2) is 42.5 Å². The Morgan fingerprint density at radius 3 is 2.74 bits per heavy atom. The average molecular weight is 457 g/mol. The first-order valence-electron chi connectivity index (χ1n) is 9.88. The average Bonchev–Trinajstić information content (AvgIpc) is 3.37. The second-order valence-electron chi connectivity index (χ2n) is 7.20. The van der Waals surface area contributed by atoms with Crippen LogP contribution in [0.4, 0.5) is 10.8 Å². The molecular weight excluding hydrogens is 436 g/mol. The largest absolute Gasteiger partial charge is 0.494 e. The molecular formula is C22H21ClN4O3S. The number of benzene rings is 2. The summed E-state index contributed by atoms with van der Waals surface area (Å²) in [5.74, 6) is 0.369. The van der Waals surface area contributed by atoms with E-state index in [0.29, 0.717) is 41.0 Å². The number of nitrogens with one attached hydrogen (secondary N) is 1. The van der Waals surface area contributed by atoms with Crippen LogP contribution in [-0.2, 0) is 4.79 Å². The summed E-state index contributed by atoms with van der Waals surface area (Å²) in [6.07, 6.45) is 0.340. The van der Waals surface area contributed by atoms with Gasteiger partial charge in [0, 0.05) is 35.2 Å². The molecule has 1 atom stereocenters. The quantitative estimate of drug-likeness (QED) is 0.582. The highest BCUT2D eigenvalue weighted by molar-refractivity contribution is 7.15. The normalized spacial score (nSPS) is 15.9. The second kappa shape index (κ2) is 9.03. The fourth-order valence-electron chi connectivity index (χ4n) is 3.36. The first-order chi connectivity index (χ1) is 14.9. The van der Waals surface area contributed by atoms with Gasteiger partial charge in [0.05, 0.1) is 6.61 Å². The first-order valence-corrected chi connectivity index (χ1v) is 11.1. The summed E-state index contributed by atoms with van der Waals surface area (Å²) in [5, 5.41) is 12.8. The van der Waals surface area contributed by atoms with Crippen molar-refractivity contribution in [3.63, 3.8) is 0 Å². The predicted molar refractivity (Wildman–Crippen MR) is 121 cm³/mol. The number of hydrogen-bond acceptors (Lipinski definition) is 6. The number of hydrogen-bond donors (Lipinski definition) is 1. The highest BCUT2D eigenvalue weighted by Crippen LogP contribution is 2.35. The number of anilines is 2. The van der Waals surface area contributed by atoms with Crippen molar-refractivity contribution >= 4 is 45.6 Å². The van der Waals surface area contributed by atoms with Crippen molar-refractivity contribution in [2.24, 2.45) is 0 Å². The minimum atomic E-state index is -0.274. The standard InChI is InChI=1S/C22H21ClN4O3S/c1-3-30-17-8-5-14(6-9-17)20(29)24-22-26-25-21(31-22)15-10-19(28)27(12-15)16-7-4-13(2)18(23)11-16/h4-9,11,15H,3,10,12H2,1-2H3,(H,24,26,29)/t15-/m1/s1. The minimum Gasteiger partial charge on any atom is -0.494 e. The van der Waals surface area contributed by atoms with Gasteiger partial charge in [0.25, 0.3) is 5.91 Å². The SMILES string of the molecule is CCOc1ccc(C(=O)Nc2nnc([C@@H]3CC(=O)N(c4ccc(C)c(Cl)c4)C3)s2)cc1. The molecule has 1 N–H and O–H groups in total. The molecule has 31 heavy (non-hydrogen) atoms. The summed E-state index contributed by atoms with van der Waals surface area (Å²) in [6, 6.07) is 12.5. The molecule has 0 aliphatic carbocycles. The van der Waals surface area contributed by atoms with Gasteiger partial charge in [0.2, 0.25) is 11.0 Å². The Hall–Kier alpha value is -2.97.